The van der Waals surface area contributed by atoms with Gasteiger partial charge >= 0.3 is 12.1 Å². The molecule has 0 aliphatic rings. The number of alkyl carbamates (subject to hydrolysis) is 1. The molecule has 0 bridgehead atoms. The molecule has 3 rings (SSSR count). The van der Waals surface area contributed by atoms with Gasteiger partial charge in [0.15, 0.2) is 5.78 Å². The lowest BCUT2D eigenvalue weighted by molar-refractivity contribution is -0.142. The molecular weight excluding hydrogens is 484 g/mol. The SMILES string of the molecule is CCOC(=O)CC(=O)c1ccc(Cl)cc1NC(=O)C(NC(=O)OCc1ccccc1)c1ccccc1. The van der Waals surface area contributed by atoms with E-state index in [1.165, 1.54) is 18.2 Å². The lowest BCUT2D eigenvalue weighted by Gasteiger charge is -2.20. The van der Waals surface area contributed by atoms with E-state index in [1.54, 1.807) is 37.3 Å². The maximum Gasteiger partial charge on any atom is 0.408 e. The van der Waals surface area contributed by atoms with Crippen LogP contribution in [-0.4, -0.2) is 30.4 Å². The van der Waals surface area contributed by atoms with Crippen LogP contribution in [0, 0.1) is 0 Å². The minimum Gasteiger partial charge on any atom is -0.466 e. The Morgan fingerprint density at radius 1 is 0.889 bits per heavy atom. The van der Waals surface area contributed by atoms with Gasteiger partial charge in [0.05, 0.1) is 12.3 Å². The van der Waals surface area contributed by atoms with Gasteiger partial charge in [-0.2, -0.15) is 0 Å². The molecular formula is C27H25ClN2O6. The van der Waals surface area contributed by atoms with Gasteiger partial charge in [0.25, 0.3) is 5.91 Å². The summed E-state index contributed by atoms with van der Waals surface area (Å²) in [6.07, 6.45) is -1.29. The second kappa shape index (κ2) is 13.1. The molecule has 0 saturated heterocycles. The van der Waals surface area contributed by atoms with Crippen LogP contribution < -0.4 is 10.6 Å². The first kappa shape index (κ1) is 26.4. The fourth-order valence-electron chi connectivity index (χ4n) is 3.33. The van der Waals surface area contributed by atoms with E-state index in [0.29, 0.717) is 5.56 Å². The third-order valence-electron chi connectivity index (χ3n) is 5.02. The number of rotatable bonds is 10. The van der Waals surface area contributed by atoms with Gasteiger partial charge in [-0.25, -0.2) is 4.79 Å². The Morgan fingerprint density at radius 3 is 2.22 bits per heavy atom. The smallest absolute Gasteiger partial charge is 0.408 e. The molecule has 2 amide bonds. The summed E-state index contributed by atoms with van der Waals surface area (Å²) >= 11 is 6.10. The summed E-state index contributed by atoms with van der Waals surface area (Å²) in [7, 11) is 0. The van der Waals surface area contributed by atoms with Crippen molar-refractivity contribution < 1.29 is 28.7 Å². The molecule has 8 nitrogen and oxygen atoms in total. The van der Waals surface area contributed by atoms with E-state index in [9.17, 15) is 19.2 Å². The predicted octanol–water partition coefficient (Wildman–Crippen LogP) is 5.08. The van der Waals surface area contributed by atoms with E-state index in [4.69, 9.17) is 21.1 Å². The van der Waals surface area contributed by atoms with Crippen LogP contribution in [0.1, 0.15) is 40.9 Å². The van der Waals surface area contributed by atoms with Crippen LogP contribution >= 0.6 is 11.6 Å². The van der Waals surface area contributed by atoms with Crippen molar-refractivity contribution in [2.24, 2.45) is 0 Å². The van der Waals surface area contributed by atoms with Gasteiger partial charge in [-0.05, 0) is 36.2 Å². The maximum absolute atomic E-state index is 13.3. The molecule has 36 heavy (non-hydrogen) atoms. The normalized spacial score (nSPS) is 11.2. The third-order valence-corrected chi connectivity index (χ3v) is 5.26. The molecule has 0 radical (unpaired) electrons. The molecule has 0 spiro atoms. The Kier molecular flexibility index (Phi) is 9.59. The van der Waals surface area contributed by atoms with E-state index >= 15 is 0 Å². The van der Waals surface area contributed by atoms with Crippen molar-refractivity contribution in [1.82, 2.24) is 5.32 Å². The highest BCUT2D eigenvalue weighted by Crippen LogP contribution is 2.25. The maximum atomic E-state index is 13.3. The average Bonchev–Trinajstić information content (AvgIpc) is 2.87. The largest absolute Gasteiger partial charge is 0.466 e. The third kappa shape index (κ3) is 7.68. The number of esters is 1. The van der Waals surface area contributed by atoms with Crippen molar-refractivity contribution >= 4 is 41.0 Å². The van der Waals surface area contributed by atoms with E-state index in [-0.39, 0.29) is 29.5 Å². The Labute approximate surface area is 213 Å². The number of anilines is 1. The Hall–Kier alpha value is -4.17. The summed E-state index contributed by atoms with van der Waals surface area (Å²) in [6.45, 7) is 1.80. The number of carbonyl (C=O) groups excluding carboxylic acids is 4. The summed E-state index contributed by atoms with van der Waals surface area (Å²) in [6, 6.07) is 20.8. The second-order valence-electron chi connectivity index (χ2n) is 7.63. The molecule has 0 aliphatic heterocycles. The highest BCUT2D eigenvalue weighted by Gasteiger charge is 2.26. The van der Waals surface area contributed by atoms with Crippen molar-refractivity contribution in [2.75, 3.05) is 11.9 Å². The topological polar surface area (TPSA) is 111 Å². The number of hydrogen-bond acceptors (Lipinski definition) is 6. The van der Waals surface area contributed by atoms with Crippen LogP contribution in [0.2, 0.25) is 5.02 Å². The number of Topliss-reactive ketones (excluding diaryl/α,β-unsaturated/α-hetero) is 1. The van der Waals surface area contributed by atoms with Gasteiger partial charge in [0.2, 0.25) is 0 Å². The van der Waals surface area contributed by atoms with Crippen LogP contribution in [0.3, 0.4) is 0 Å². The standard InChI is InChI=1S/C27H25ClN2O6/c1-2-35-24(32)16-23(31)21-14-13-20(28)15-22(21)29-26(33)25(19-11-7-4-8-12-19)30-27(34)36-17-18-9-5-3-6-10-18/h3-15,25H,2,16-17H2,1H3,(H,29,33)(H,30,34). The first-order valence-corrected chi connectivity index (χ1v) is 11.6. The monoisotopic (exact) mass is 508 g/mol. The molecule has 1 unspecified atom stereocenters. The van der Waals surface area contributed by atoms with Crippen molar-refractivity contribution in [1.29, 1.82) is 0 Å². The van der Waals surface area contributed by atoms with E-state index in [2.05, 4.69) is 10.6 Å². The van der Waals surface area contributed by atoms with Crippen LogP contribution in [-0.2, 0) is 25.7 Å². The Balaban J connectivity index is 1.79. The zero-order chi connectivity index (χ0) is 25.9. The van der Waals surface area contributed by atoms with E-state index < -0.39 is 36.2 Å². The van der Waals surface area contributed by atoms with E-state index in [0.717, 1.165) is 5.56 Å². The van der Waals surface area contributed by atoms with Gasteiger partial charge < -0.3 is 20.1 Å². The fourth-order valence-corrected chi connectivity index (χ4v) is 3.51. The zero-order valence-corrected chi connectivity index (χ0v) is 20.3. The number of hydrogen-bond donors (Lipinski definition) is 2. The second-order valence-corrected chi connectivity index (χ2v) is 8.07. The molecule has 3 aromatic carbocycles. The molecule has 0 heterocycles. The number of ether oxygens (including phenoxy) is 2. The Bertz CT molecular complexity index is 1220. The minimum atomic E-state index is -1.14. The summed E-state index contributed by atoms with van der Waals surface area (Å²) in [5.41, 5.74) is 1.46. The quantitative estimate of drug-likeness (QED) is 0.224. The summed E-state index contributed by atoms with van der Waals surface area (Å²) in [5.74, 6) is -1.86. The molecule has 186 valence electrons. The predicted molar refractivity (Wildman–Crippen MR) is 135 cm³/mol. The number of nitrogens with one attached hydrogen (secondary N) is 2. The van der Waals surface area contributed by atoms with Crippen LogP contribution in [0.5, 0.6) is 0 Å². The summed E-state index contributed by atoms with van der Waals surface area (Å²) in [4.78, 5) is 50.3. The Morgan fingerprint density at radius 2 is 1.56 bits per heavy atom. The molecule has 3 aromatic rings. The van der Waals surface area contributed by atoms with Gasteiger partial charge in [0, 0.05) is 10.6 Å². The minimum absolute atomic E-state index is 0.0244. The molecule has 2 N–H and O–H groups in total. The molecule has 9 heteroatoms. The van der Waals surface area contributed by atoms with Gasteiger partial charge in [-0.3, -0.25) is 14.4 Å². The fraction of sp³-hybridized carbons (Fsp3) is 0.185. The molecule has 0 fully saturated rings. The zero-order valence-electron chi connectivity index (χ0n) is 19.5. The van der Waals surface area contributed by atoms with Gasteiger partial charge in [0.1, 0.15) is 19.1 Å². The van der Waals surface area contributed by atoms with Crippen LogP contribution in [0.25, 0.3) is 0 Å². The summed E-state index contributed by atoms with van der Waals surface area (Å²) in [5, 5.41) is 5.49. The lowest BCUT2D eigenvalue weighted by Crippen LogP contribution is -2.37. The number of carbonyl (C=O) groups is 4. The van der Waals surface area contributed by atoms with Crippen molar-refractivity contribution in [3.05, 3.63) is 101 Å². The number of amides is 2. The molecule has 0 saturated carbocycles. The highest BCUT2D eigenvalue weighted by atomic mass is 35.5. The molecule has 1 atom stereocenters. The molecule has 0 aliphatic carbocycles. The van der Waals surface area contributed by atoms with Crippen molar-refractivity contribution in [2.45, 2.75) is 26.0 Å². The first-order valence-electron chi connectivity index (χ1n) is 11.2. The van der Waals surface area contributed by atoms with Gasteiger partial charge in [-0.1, -0.05) is 72.3 Å². The van der Waals surface area contributed by atoms with Crippen molar-refractivity contribution in [3.63, 3.8) is 0 Å². The van der Waals surface area contributed by atoms with Crippen molar-refractivity contribution in [3.8, 4) is 0 Å². The van der Waals surface area contributed by atoms with Gasteiger partial charge in [-0.15, -0.1) is 0 Å². The van der Waals surface area contributed by atoms with Crippen LogP contribution in [0.15, 0.2) is 78.9 Å². The molecule has 0 aromatic heterocycles. The first-order chi connectivity index (χ1) is 17.4. The lowest BCUT2D eigenvalue weighted by atomic mass is 10.0. The highest BCUT2D eigenvalue weighted by molar-refractivity contribution is 6.31. The van der Waals surface area contributed by atoms with E-state index in [1.807, 2.05) is 30.3 Å². The van der Waals surface area contributed by atoms with Crippen LogP contribution in [0.4, 0.5) is 10.5 Å². The number of ketones is 1. The summed E-state index contributed by atoms with van der Waals surface area (Å²) < 4.78 is 10.1. The number of benzene rings is 3. The number of halogens is 1. The average molecular weight is 509 g/mol.